The molecule has 0 bridgehead atoms. The van der Waals surface area contributed by atoms with Crippen molar-refractivity contribution in [1.82, 2.24) is 15.5 Å². The molecule has 6 nitrogen and oxygen atoms in total. The third kappa shape index (κ3) is 4.78. The SMILES string of the molecule is COCCNc1ccc(C(=O)NCc2ccc(F)cc2)nn1. The van der Waals surface area contributed by atoms with Gasteiger partial charge in [0.2, 0.25) is 0 Å². The van der Waals surface area contributed by atoms with E-state index in [2.05, 4.69) is 20.8 Å². The molecular formula is C15H17FN4O2. The van der Waals surface area contributed by atoms with Crippen LogP contribution < -0.4 is 10.6 Å². The molecule has 0 saturated carbocycles. The van der Waals surface area contributed by atoms with Gasteiger partial charge in [0.05, 0.1) is 6.61 Å². The van der Waals surface area contributed by atoms with Crippen molar-refractivity contribution in [3.63, 3.8) is 0 Å². The third-order valence-corrected chi connectivity index (χ3v) is 2.88. The lowest BCUT2D eigenvalue weighted by molar-refractivity contribution is 0.0945. The van der Waals surface area contributed by atoms with E-state index in [1.807, 2.05) is 0 Å². The van der Waals surface area contributed by atoms with Gasteiger partial charge in [-0.15, -0.1) is 10.2 Å². The van der Waals surface area contributed by atoms with Crippen LogP contribution in [0.1, 0.15) is 16.1 Å². The highest BCUT2D eigenvalue weighted by atomic mass is 19.1. The number of aromatic nitrogens is 2. The van der Waals surface area contributed by atoms with Crippen LogP contribution in [-0.2, 0) is 11.3 Å². The quantitative estimate of drug-likeness (QED) is 0.760. The first-order chi connectivity index (χ1) is 10.7. The van der Waals surface area contributed by atoms with Gasteiger partial charge in [-0.05, 0) is 29.8 Å². The van der Waals surface area contributed by atoms with Crippen molar-refractivity contribution < 1.29 is 13.9 Å². The number of hydrogen-bond donors (Lipinski definition) is 2. The Kier molecular flexibility index (Phi) is 5.79. The maximum Gasteiger partial charge on any atom is 0.272 e. The lowest BCUT2D eigenvalue weighted by Crippen LogP contribution is -2.24. The number of nitrogens with zero attached hydrogens (tertiary/aromatic N) is 2. The molecular weight excluding hydrogens is 287 g/mol. The molecule has 2 aromatic rings. The smallest absolute Gasteiger partial charge is 0.272 e. The van der Waals surface area contributed by atoms with E-state index >= 15 is 0 Å². The highest BCUT2D eigenvalue weighted by molar-refractivity contribution is 5.92. The van der Waals surface area contributed by atoms with E-state index in [-0.39, 0.29) is 17.4 Å². The Bertz CT molecular complexity index is 602. The first kappa shape index (κ1) is 15.8. The van der Waals surface area contributed by atoms with E-state index in [1.54, 1.807) is 31.4 Å². The van der Waals surface area contributed by atoms with Crippen molar-refractivity contribution in [1.29, 1.82) is 0 Å². The van der Waals surface area contributed by atoms with Gasteiger partial charge in [0.1, 0.15) is 11.6 Å². The number of nitrogens with one attached hydrogen (secondary N) is 2. The molecule has 0 spiro atoms. The van der Waals surface area contributed by atoms with Crippen molar-refractivity contribution in [3.05, 3.63) is 53.5 Å². The molecule has 0 fully saturated rings. The van der Waals surface area contributed by atoms with Crippen LogP contribution in [0.3, 0.4) is 0 Å². The molecule has 116 valence electrons. The van der Waals surface area contributed by atoms with Gasteiger partial charge in [0.15, 0.2) is 5.69 Å². The van der Waals surface area contributed by atoms with Gasteiger partial charge < -0.3 is 15.4 Å². The Morgan fingerprint density at radius 2 is 1.95 bits per heavy atom. The minimum atomic E-state index is -0.333. The minimum Gasteiger partial charge on any atom is -0.383 e. The fourth-order valence-corrected chi connectivity index (χ4v) is 1.70. The zero-order valence-electron chi connectivity index (χ0n) is 12.2. The van der Waals surface area contributed by atoms with E-state index in [0.29, 0.717) is 25.5 Å². The number of carbonyl (C=O) groups excluding carboxylic acids is 1. The van der Waals surface area contributed by atoms with Crippen LogP contribution in [0.25, 0.3) is 0 Å². The Hall–Kier alpha value is -2.54. The molecule has 0 unspecified atom stereocenters. The molecule has 2 N–H and O–H groups in total. The van der Waals surface area contributed by atoms with Crippen LogP contribution in [0.5, 0.6) is 0 Å². The topological polar surface area (TPSA) is 76.1 Å². The number of rotatable bonds is 7. The normalized spacial score (nSPS) is 10.3. The molecule has 0 aliphatic carbocycles. The number of benzene rings is 1. The monoisotopic (exact) mass is 304 g/mol. The largest absolute Gasteiger partial charge is 0.383 e. The van der Waals surface area contributed by atoms with Crippen molar-refractivity contribution in [2.24, 2.45) is 0 Å². The van der Waals surface area contributed by atoms with Crippen molar-refractivity contribution in [2.75, 3.05) is 25.6 Å². The van der Waals surface area contributed by atoms with E-state index in [0.717, 1.165) is 5.56 Å². The van der Waals surface area contributed by atoms with Crippen LogP contribution in [0.15, 0.2) is 36.4 Å². The van der Waals surface area contributed by atoms with Crippen LogP contribution >= 0.6 is 0 Å². The van der Waals surface area contributed by atoms with Gasteiger partial charge in [-0.2, -0.15) is 0 Å². The lowest BCUT2D eigenvalue weighted by Gasteiger charge is -2.06. The molecule has 1 aromatic heterocycles. The highest BCUT2D eigenvalue weighted by Gasteiger charge is 2.08. The molecule has 1 heterocycles. The third-order valence-electron chi connectivity index (χ3n) is 2.88. The molecule has 0 saturated heterocycles. The van der Waals surface area contributed by atoms with Crippen LogP contribution in [0, 0.1) is 5.82 Å². The predicted molar refractivity (Wildman–Crippen MR) is 80.0 cm³/mol. The fraction of sp³-hybridized carbons (Fsp3) is 0.267. The second kappa shape index (κ2) is 8.04. The molecule has 0 aliphatic heterocycles. The average molecular weight is 304 g/mol. The summed E-state index contributed by atoms with van der Waals surface area (Å²) in [5.74, 6) is -0.0649. The van der Waals surface area contributed by atoms with Crippen molar-refractivity contribution in [2.45, 2.75) is 6.54 Å². The number of amides is 1. The second-order valence-electron chi connectivity index (χ2n) is 4.53. The zero-order valence-corrected chi connectivity index (χ0v) is 12.2. The first-order valence-corrected chi connectivity index (χ1v) is 6.78. The summed E-state index contributed by atoms with van der Waals surface area (Å²) >= 11 is 0. The summed E-state index contributed by atoms with van der Waals surface area (Å²) in [5, 5.41) is 13.5. The molecule has 2 rings (SSSR count). The van der Waals surface area contributed by atoms with Gasteiger partial charge in [-0.25, -0.2) is 4.39 Å². The number of ether oxygens (including phenoxy) is 1. The van der Waals surface area contributed by atoms with Gasteiger partial charge in [-0.1, -0.05) is 12.1 Å². The summed E-state index contributed by atoms with van der Waals surface area (Å²) in [6, 6.07) is 9.19. The summed E-state index contributed by atoms with van der Waals surface area (Å²) in [6.45, 7) is 1.47. The van der Waals surface area contributed by atoms with E-state index in [1.165, 1.54) is 12.1 Å². The predicted octanol–water partition coefficient (Wildman–Crippen LogP) is 1.60. The Morgan fingerprint density at radius 3 is 2.59 bits per heavy atom. The maximum atomic E-state index is 12.8. The fourth-order valence-electron chi connectivity index (χ4n) is 1.70. The number of hydrogen-bond acceptors (Lipinski definition) is 5. The van der Waals surface area contributed by atoms with Crippen LogP contribution in [0.4, 0.5) is 10.2 Å². The average Bonchev–Trinajstić information content (AvgIpc) is 2.55. The van der Waals surface area contributed by atoms with Crippen molar-refractivity contribution >= 4 is 11.7 Å². The summed E-state index contributed by atoms with van der Waals surface area (Å²) in [7, 11) is 1.61. The Morgan fingerprint density at radius 1 is 1.18 bits per heavy atom. The van der Waals surface area contributed by atoms with E-state index < -0.39 is 0 Å². The van der Waals surface area contributed by atoms with Crippen LogP contribution in [-0.4, -0.2) is 36.4 Å². The highest BCUT2D eigenvalue weighted by Crippen LogP contribution is 2.04. The van der Waals surface area contributed by atoms with Crippen molar-refractivity contribution in [3.8, 4) is 0 Å². The summed E-state index contributed by atoms with van der Waals surface area (Å²) in [5.41, 5.74) is 1.03. The zero-order chi connectivity index (χ0) is 15.8. The standard InChI is InChI=1S/C15H17FN4O2/c1-22-9-8-17-14-7-6-13(19-20-14)15(21)18-10-11-2-4-12(16)5-3-11/h2-7H,8-10H2,1H3,(H,17,20)(H,18,21). The Balaban J connectivity index is 1.85. The van der Waals surface area contributed by atoms with E-state index in [4.69, 9.17) is 4.74 Å². The number of carbonyl (C=O) groups is 1. The van der Waals surface area contributed by atoms with Gasteiger partial charge in [0.25, 0.3) is 5.91 Å². The molecule has 0 aliphatic rings. The molecule has 7 heteroatoms. The molecule has 1 aromatic carbocycles. The molecule has 22 heavy (non-hydrogen) atoms. The Labute approximate surface area is 127 Å². The number of methoxy groups -OCH3 is 1. The molecule has 0 radical (unpaired) electrons. The number of anilines is 1. The van der Waals surface area contributed by atoms with Gasteiger partial charge in [-0.3, -0.25) is 4.79 Å². The summed E-state index contributed by atoms with van der Waals surface area (Å²) in [6.07, 6.45) is 0. The van der Waals surface area contributed by atoms with E-state index in [9.17, 15) is 9.18 Å². The molecule has 1 amide bonds. The second-order valence-corrected chi connectivity index (χ2v) is 4.53. The summed E-state index contributed by atoms with van der Waals surface area (Å²) in [4.78, 5) is 11.9. The van der Waals surface area contributed by atoms with Gasteiger partial charge in [0, 0.05) is 20.2 Å². The number of halogens is 1. The lowest BCUT2D eigenvalue weighted by atomic mass is 10.2. The summed E-state index contributed by atoms with van der Waals surface area (Å²) < 4.78 is 17.7. The minimum absolute atomic E-state index is 0.222. The van der Waals surface area contributed by atoms with Gasteiger partial charge >= 0.3 is 0 Å². The van der Waals surface area contributed by atoms with Crippen LogP contribution in [0.2, 0.25) is 0 Å². The maximum absolute atomic E-state index is 12.8. The first-order valence-electron chi connectivity index (χ1n) is 6.78. The molecule has 0 atom stereocenters.